The van der Waals surface area contributed by atoms with E-state index in [1.54, 1.807) is 0 Å². The third-order valence-corrected chi connectivity index (χ3v) is 5.10. The number of rotatable bonds is 3. The van der Waals surface area contributed by atoms with Gasteiger partial charge in [-0.3, -0.25) is 0 Å². The Morgan fingerprint density at radius 3 is 2.82 bits per heavy atom. The van der Waals surface area contributed by atoms with E-state index in [-0.39, 0.29) is 24.6 Å². The molecular formula is C18H26N2O2. The molecule has 22 heavy (non-hydrogen) atoms. The topological polar surface area (TPSA) is 52.6 Å². The molecule has 0 radical (unpaired) electrons. The van der Waals surface area contributed by atoms with Crippen LogP contribution in [0.5, 0.6) is 0 Å². The van der Waals surface area contributed by atoms with E-state index in [9.17, 15) is 9.90 Å². The number of likely N-dealkylation sites (tertiary alicyclic amines) is 1. The summed E-state index contributed by atoms with van der Waals surface area (Å²) in [5, 5.41) is 12.5. The number of urea groups is 1. The van der Waals surface area contributed by atoms with Crippen molar-refractivity contribution in [3.8, 4) is 0 Å². The SMILES string of the molecule is O=C(N[C@@H]1CC[C@H](c2ccccc2)C1)N1CCC[C@@H](CO)C1. The maximum absolute atomic E-state index is 12.4. The highest BCUT2D eigenvalue weighted by Gasteiger charge is 2.29. The van der Waals surface area contributed by atoms with Crippen LogP contribution in [0.2, 0.25) is 0 Å². The fraction of sp³-hybridized carbons (Fsp3) is 0.611. The number of hydrogen-bond acceptors (Lipinski definition) is 2. The Bertz CT molecular complexity index is 491. The van der Waals surface area contributed by atoms with Crippen LogP contribution in [0.3, 0.4) is 0 Å². The summed E-state index contributed by atoms with van der Waals surface area (Å²) in [6.07, 6.45) is 5.26. The van der Waals surface area contributed by atoms with Crippen LogP contribution < -0.4 is 5.32 Å². The molecule has 1 aromatic rings. The molecule has 1 aliphatic heterocycles. The number of amides is 2. The zero-order valence-electron chi connectivity index (χ0n) is 13.1. The molecule has 0 spiro atoms. The molecule has 3 rings (SSSR count). The zero-order chi connectivity index (χ0) is 15.4. The van der Waals surface area contributed by atoms with Crippen LogP contribution in [-0.4, -0.2) is 41.8 Å². The maximum atomic E-state index is 12.4. The van der Waals surface area contributed by atoms with E-state index in [0.29, 0.717) is 12.5 Å². The van der Waals surface area contributed by atoms with E-state index >= 15 is 0 Å². The Hall–Kier alpha value is -1.55. The van der Waals surface area contributed by atoms with Gasteiger partial charge in [-0.15, -0.1) is 0 Å². The molecule has 2 amide bonds. The largest absolute Gasteiger partial charge is 0.396 e. The van der Waals surface area contributed by atoms with Crippen molar-refractivity contribution in [1.29, 1.82) is 0 Å². The second-order valence-electron chi connectivity index (χ2n) is 6.70. The first kappa shape index (κ1) is 15.3. The normalized spacial score (nSPS) is 28.6. The lowest BCUT2D eigenvalue weighted by atomic mass is 9.97. The average molecular weight is 302 g/mol. The van der Waals surface area contributed by atoms with E-state index < -0.39 is 0 Å². The molecule has 0 unspecified atom stereocenters. The highest BCUT2D eigenvalue weighted by Crippen LogP contribution is 2.34. The van der Waals surface area contributed by atoms with Crippen LogP contribution in [0.25, 0.3) is 0 Å². The summed E-state index contributed by atoms with van der Waals surface area (Å²) in [6, 6.07) is 10.9. The van der Waals surface area contributed by atoms with Gasteiger partial charge in [0.15, 0.2) is 0 Å². The number of piperidine rings is 1. The van der Waals surface area contributed by atoms with Crippen LogP contribution in [0.4, 0.5) is 4.79 Å². The summed E-state index contributed by atoms with van der Waals surface area (Å²) in [5.41, 5.74) is 1.39. The van der Waals surface area contributed by atoms with Gasteiger partial charge in [-0.25, -0.2) is 4.79 Å². The van der Waals surface area contributed by atoms with Gasteiger partial charge in [0, 0.05) is 25.7 Å². The molecule has 120 valence electrons. The van der Waals surface area contributed by atoms with Gasteiger partial charge < -0.3 is 15.3 Å². The van der Waals surface area contributed by atoms with Crippen molar-refractivity contribution < 1.29 is 9.90 Å². The van der Waals surface area contributed by atoms with E-state index in [4.69, 9.17) is 0 Å². The first-order chi connectivity index (χ1) is 10.8. The molecule has 4 nitrogen and oxygen atoms in total. The quantitative estimate of drug-likeness (QED) is 0.902. The molecule has 1 saturated carbocycles. The van der Waals surface area contributed by atoms with Crippen LogP contribution in [0, 0.1) is 5.92 Å². The summed E-state index contributed by atoms with van der Waals surface area (Å²) < 4.78 is 0. The second-order valence-corrected chi connectivity index (χ2v) is 6.70. The lowest BCUT2D eigenvalue weighted by molar-refractivity contribution is 0.128. The van der Waals surface area contributed by atoms with Gasteiger partial charge in [-0.1, -0.05) is 30.3 Å². The molecule has 2 aliphatic rings. The van der Waals surface area contributed by atoms with Gasteiger partial charge in [-0.05, 0) is 49.5 Å². The van der Waals surface area contributed by atoms with Crippen molar-refractivity contribution >= 4 is 6.03 Å². The number of nitrogens with zero attached hydrogens (tertiary/aromatic N) is 1. The number of hydrogen-bond donors (Lipinski definition) is 2. The third-order valence-electron chi connectivity index (χ3n) is 5.10. The van der Waals surface area contributed by atoms with Crippen LogP contribution >= 0.6 is 0 Å². The Kier molecular flexibility index (Phi) is 4.98. The summed E-state index contributed by atoms with van der Waals surface area (Å²) >= 11 is 0. The molecule has 3 atom stereocenters. The van der Waals surface area contributed by atoms with Gasteiger partial charge in [0.25, 0.3) is 0 Å². The standard InChI is InChI=1S/C18H26N2O2/c21-13-14-5-4-10-20(12-14)18(22)19-17-9-8-16(11-17)15-6-2-1-3-7-15/h1-3,6-7,14,16-17,21H,4-5,8-13H2,(H,19,22)/t14-,16+,17-/m1/s1. The number of aliphatic hydroxyl groups is 1. The van der Waals surface area contributed by atoms with Gasteiger partial charge in [-0.2, -0.15) is 0 Å². The fourth-order valence-electron chi connectivity index (χ4n) is 3.81. The van der Waals surface area contributed by atoms with Crippen LogP contribution in [0.15, 0.2) is 30.3 Å². The highest BCUT2D eigenvalue weighted by molar-refractivity contribution is 5.74. The van der Waals surface area contributed by atoms with E-state index in [1.807, 2.05) is 11.0 Å². The number of carbonyl (C=O) groups is 1. The molecule has 2 N–H and O–H groups in total. The predicted octanol–water partition coefficient (Wildman–Crippen LogP) is 2.74. The predicted molar refractivity (Wildman–Crippen MR) is 86.7 cm³/mol. The second kappa shape index (κ2) is 7.14. The van der Waals surface area contributed by atoms with Crippen molar-refractivity contribution in [3.05, 3.63) is 35.9 Å². The average Bonchev–Trinajstić information content (AvgIpc) is 3.04. The molecule has 1 aliphatic carbocycles. The molecule has 0 bridgehead atoms. The van der Waals surface area contributed by atoms with Crippen molar-refractivity contribution in [3.63, 3.8) is 0 Å². The van der Waals surface area contributed by atoms with Crippen LogP contribution in [-0.2, 0) is 0 Å². The number of carbonyl (C=O) groups excluding carboxylic acids is 1. The molecule has 4 heteroatoms. The van der Waals surface area contributed by atoms with Gasteiger partial charge >= 0.3 is 6.03 Å². The monoisotopic (exact) mass is 302 g/mol. The number of aliphatic hydroxyl groups excluding tert-OH is 1. The molecule has 1 saturated heterocycles. The van der Waals surface area contributed by atoms with E-state index in [2.05, 4.69) is 29.6 Å². The summed E-state index contributed by atoms with van der Waals surface area (Å²) in [6.45, 7) is 1.69. The molecule has 2 fully saturated rings. The Morgan fingerprint density at radius 2 is 2.05 bits per heavy atom. The minimum absolute atomic E-state index is 0.0526. The summed E-state index contributed by atoms with van der Waals surface area (Å²) in [4.78, 5) is 14.3. The molecule has 1 aromatic carbocycles. The van der Waals surface area contributed by atoms with Crippen molar-refractivity contribution in [2.24, 2.45) is 5.92 Å². The third kappa shape index (κ3) is 3.61. The van der Waals surface area contributed by atoms with E-state index in [0.717, 1.165) is 38.6 Å². The Labute approximate surface area is 132 Å². The molecule has 1 heterocycles. The summed E-state index contributed by atoms with van der Waals surface area (Å²) in [5.74, 6) is 0.818. The van der Waals surface area contributed by atoms with Crippen molar-refractivity contribution in [1.82, 2.24) is 10.2 Å². The number of benzene rings is 1. The van der Waals surface area contributed by atoms with Gasteiger partial charge in [0.05, 0.1) is 0 Å². The molecular weight excluding hydrogens is 276 g/mol. The maximum Gasteiger partial charge on any atom is 0.317 e. The lowest BCUT2D eigenvalue weighted by Gasteiger charge is -2.32. The first-order valence-corrected chi connectivity index (χ1v) is 8.47. The minimum Gasteiger partial charge on any atom is -0.396 e. The van der Waals surface area contributed by atoms with Gasteiger partial charge in [0.2, 0.25) is 0 Å². The number of nitrogens with one attached hydrogen (secondary N) is 1. The van der Waals surface area contributed by atoms with Gasteiger partial charge in [0.1, 0.15) is 0 Å². The minimum atomic E-state index is 0.0526. The van der Waals surface area contributed by atoms with Crippen molar-refractivity contribution in [2.75, 3.05) is 19.7 Å². The zero-order valence-corrected chi connectivity index (χ0v) is 13.1. The molecule has 0 aromatic heterocycles. The van der Waals surface area contributed by atoms with Crippen molar-refractivity contribution in [2.45, 2.75) is 44.1 Å². The van der Waals surface area contributed by atoms with E-state index in [1.165, 1.54) is 5.56 Å². The van der Waals surface area contributed by atoms with Crippen LogP contribution in [0.1, 0.15) is 43.6 Å². The Morgan fingerprint density at radius 1 is 1.23 bits per heavy atom. The fourth-order valence-corrected chi connectivity index (χ4v) is 3.81. The Balaban J connectivity index is 1.50. The first-order valence-electron chi connectivity index (χ1n) is 8.47. The summed E-state index contributed by atoms with van der Waals surface area (Å²) in [7, 11) is 0. The lowest BCUT2D eigenvalue weighted by Crippen LogP contribution is -2.48. The smallest absolute Gasteiger partial charge is 0.317 e. The highest BCUT2D eigenvalue weighted by atomic mass is 16.3.